The molecule has 0 radical (unpaired) electrons. The highest BCUT2D eigenvalue weighted by atomic mass is 79.9. The predicted molar refractivity (Wildman–Crippen MR) is 76.3 cm³/mol. The van der Waals surface area contributed by atoms with Crippen LogP contribution in [0.3, 0.4) is 0 Å². The number of nitrogens with one attached hydrogen (secondary N) is 1. The molecule has 17 heavy (non-hydrogen) atoms. The summed E-state index contributed by atoms with van der Waals surface area (Å²) >= 11 is 9.48. The Kier molecular flexibility index (Phi) is 4.86. The maximum atomic E-state index is 5.94. The summed E-state index contributed by atoms with van der Waals surface area (Å²) in [5.74, 6) is 0.953. The number of rotatable bonds is 6. The fourth-order valence-electron chi connectivity index (χ4n) is 1.97. The van der Waals surface area contributed by atoms with Gasteiger partial charge in [-0.3, -0.25) is 0 Å². The van der Waals surface area contributed by atoms with Gasteiger partial charge in [-0.1, -0.05) is 46.4 Å². The molecule has 0 saturated heterocycles. The topological polar surface area (TPSA) is 38.0 Å². The average molecular weight is 318 g/mol. The van der Waals surface area contributed by atoms with Crippen molar-refractivity contribution >= 4 is 27.5 Å². The maximum Gasteiger partial charge on any atom is 0.0455 e. The molecule has 1 unspecified atom stereocenters. The molecule has 1 aliphatic rings. The minimum Gasteiger partial charge on any atom is -0.329 e. The van der Waals surface area contributed by atoms with Crippen molar-refractivity contribution in [3.8, 4) is 0 Å². The summed E-state index contributed by atoms with van der Waals surface area (Å²) in [7, 11) is 0. The van der Waals surface area contributed by atoms with Crippen molar-refractivity contribution in [3.05, 3.63) is 33.3 Å². The molecular weight excluding hydrogens is 300 g/mol. The van der Waals surface area contributed by atoms with Crippen molar-refractivity contribution in [2.24, 2.45) is 11.7 Å². The Morgan fingerprint density at radius 2 is 2.24 bits per heavy atom. The van der Waals surface area contributed by atoms with Crippen LogP contribution in [0, 0.1) is 5.92 Å². The normalized spacial score (nSPS) is 17.1. The summed E-state index contributed by atoms with van der Waals surface area (Å²) in [4.78, 5) is 0. The molecule has 4 heteroatoms. The predicted octanol–water partition coefficient (Wildman–Crippen LogP) is 3.49. The second kappa shape index (κ2) is 6.19. The fraction of sp³-hybridized carbons (Fsp3) is 0.538. The smallest absolute Gasteiger partial charge is 0.0455 e. The van der Waals surface area contributed by atoms with Crippen molar-refractivity contribution in [1.29, 1.82) is 0 Å². The second-order valence-corrected chi connectivity index (χ2v) is 5.93. The van der Waals surface area contributed by atoms with Crippen molar-refractivity contribution < 1.29 is 0 Å². The quantitative estimate of drug-likeness (QED) is 0.843. The lowest BCUT2D eigenvalue weighted by Crippen LogP contribution is -2.29. The van der Waals surface area contributed by atoms with Crippen LogP contribution in [0.15, 0.2) is 22.7 Å². The molecule has 0 aliphatic heterocycles. The lowest BCUT2D eigenvalue weighted by molar-refractivity contribution is 0.515. The van der Waals surface area contributed by atoms with Gasteiger partial charge in [-0.25, -0.2) is 0 Å². The molecule has 3 N–H and O–H groups in total. The van der Waals surface area contributed by atoms with Crippen molar-refractivity contribution in [3.63, 3.8) is 0 Å². The Morgan fingerprint density at radius 1 is 1.47 bits per heavy atom. The molecule has 1 aliphatic carbocycles. The van der Waals surface area contributed by atoms with Gasteiger partial charge in [0.15, 0.2) is 0 Å². The van der Waals surface area contributed by atoms with Crippen LogP contribution in [0.4, 0.5) is 0 Å². The van der Waals surface area contributed by atoms with E-state index in [4.69, 9.17) is 17.3 Å². The van der Waals surface area contributed by atoms with E-state index in [-0.39, 0.29) is 6.04 Å². The molecule has 1 atom stereocenters. The molecule has 1 saturated carbocycles. The fourth-order valence-corrected chi connectivity index (χ4v) is 2.93. The van der Waals surface area contributed by atoms with E-state index in [2.05, 4.69) is 21.2 Å². The van der Waals surface area contributed by atoms with Crippen LogP contribution in [-0.4, -0.2) is 13.1 Å². The largest absolute Gasteiger partial charge is 0.329 e. The van der Waals surface area contributed by atoms with Crippen LogP contribution in [0.1, 0.15) is 30.9 Å². The van der Waals surface area contributed by atoms with E-state index in [1.54, 1.807) is 0 Å². The third kappa shape index (κ3) is 3.95. The molecule has 0 bridgehead atoms. The number of benzene rings is 1. The van der Waals surface area contributed by atoms with E-state index in [1.807, 2.05) is 18.2 Å². The molecule has 94 valence electrons. The van der Waals surface area contributed by atoms with Crippen molar-refractivity contribution in [2.45, 2.75) is 25.3 Å². The van der Waals surface area contributed by atoms with E-state index in [1.165, 1.54) is 24.8 Å². The first kappa shape index (κ1) is 13.3. The Bertz CT molecular complexity index is 380. The maximum absolute atomic E-state index is 5.94. The highest BCUT2D eigenvalue weighted by Gasteiger charge is 2.21. The first-order valence-electron chi connectivity index (χ1n) is 6.09. The summed E-state index contributed by atoms with van der Waals surface area (Å²) < 4.78 is 1.03. The van der Waals surface area contributed by atoms with Crippen LogP contribution in [0.2, 0.25) is 5.02 Å². The van der Waals surface area contributed by atoms with Gasteiger partial charge in [0.25, 0.3) is 0 Å². The standard InChI is InChI=1S/C13H18BrClN2/c14-12-7-10(15)3-4-11(12)13(8-16)17-6-5-9-1-2-9/h3-4,7,9,13,17H,1-2,5-6,8,16H2. The van der Waals surface area contributed by atoms with Gasteiger partial charge in [0.2, 0.25) is 0 Å². The number of hydrogen-bond donors (Lipinski definition) is 2. The van der Waals surface area contributed by atoms with Crippen LogP contribution in [0.5, 0.6) is 0 Å². The van der Waals surface area contributed by atoms with Gasteiger partial charge in [0.05, 0.1) is 0 Å². The molecule has 0 spiro atoms. The summed E-state index contributed by atoms with van der Waals surface area (Å²) in [6, 6.07) is 6.07. The van der Waals surface area contributed by atoms with Crippen molar-refractivity contribution in [1.82, 2.24) is 5.32 Å². The molecule has 2 rings (SSSR count). The lowest BCUT2D eigenvalue weighted by atomic mass is 10.1. The van der Waals surface area contributed by atoms with Gasteiger partial charge in [0, 0.05) is 22.1 Å². The van der Waals surface area contributed by atoms with Crippen LogP contribution in [0.25, 0.3) is 0 Å². The zero-order chi connectivity index (χ0) is 12.3. The highest BCUT2D eigenvalue weighted by molar-refractivity contribution is 9.10. The van der Waals surface area contributed by atoms with Gasteiger partial charge < -0.3 is 11.1 Å². The Balaban J connectivity index is 1.94. The molecule has 1 aromatic rings. The monoisotopic (exact) mass is 316 g/mol. The second-order valence-electron chi connectivity index (χ2n) is 4.64. The molecular formula is C13H18BrClN2. The first-order valence-corrected chi connectivity index (χ1v) is 7.26. The third-order valence-corrected chi connectivity index (χ3v) is 4.14. The van der Waals surface area contributed by atoms with Gasteiger partial charge in [0.1, 0.15) is 0 Å². The molecule has 2 nitrogen and oxygen atoms in total. The van der Waals surface area contributed by atoms with Crippen LogP contribution >= 0.6 is 27.5 Å². The Labute approximate surface area is 116 Å². The summed E-state index contributed by atoms with van der Waals surface area (Å²) in [5.41, 5.74) is 7.02. The van der Waals surface area contributed by atoms with Crippen LogP contribution < -0.4 is 11.1 Å². The lowest BCUT2D eigenvalue weighted by Gasteiger charge is -2.18. The molecule has 1 aromatic carbocycles. The van der Waals surface area contributed by atoms with E-state index in [0.29, 0.717) is 6.54 Å². The molecule has 0 amide bonds. The minimum absolute atomic E-state index is 0.209. The van der Waals surface area contributed by atoms with E-state index < -0.39 is 0 Å². The Hall–Kier alpha value is -0.0900. The Morgan fingerprint density at radius 3 is 2.82 bits per heavy atom. The summed E-state index contributed by atoms with van der Waals surface area (Å²) in [6.45, 7) is 1.65. The molecule has 1 fully saturated rings. The average Bonchev–Trinajstić information content (AvgIpc) is 3.10. The van der Waals surface area contributed by atoms with Crippen molar-refractivity contribution in [2.75, 3.05) is 13.1 Å². The van der Waals surface area contributed by atoms with Gasteiger partial charge in [-0.05, 0) is 36.6 Å². The van der Waals surface area contributed by atoms with Gasteiger partial charge >= 0.3 is 0 Å². The van der Waals surface area contributed by atoms with Gasteiger partial charge in [-0.15, -0.1) is 0 Å². The SMILES string of the molecule is NCC(NCCC1CC1)c1ccc(Cl)cc1Br. The third-order valence-electron chi connectivity index (χ3n) is 3.21. The number of hydrogen-bond acceptors (Lipinski definition) is 2. The summed E-state index contributed by atoms with van der Waals surface area (Å²) in [5, 5.41) is 4.26. The van der Waals surface area contributed by atoms with E-state index in [0.717, 1.165) is 22.0 Å². The summed E-state index contributed by atoms with van der Waals surface area (Å²) in [6.07, 6.45) is 4.07. The zero-order valence-corrected chi connectivity index (χ0v) is 12.1. The van der Waals surface area contributed by atoms with E-state index in [9.17, 15) is 0 Å². The minimum atomic E-state index is 0.209. The highest BCUT2D eigenvalue weighted by Crippen LogP contribution is 2.32. The zero-order valence-electron chi connectivity index (χ0n) is 9.76. The van der Waals surface area contributed by atoms with E-state index >= 15 is 0 Å². The van der Waals surface area contributed by atoms with Crippen LogP contribution in [-0.2, 0) is 0 Å². The number of nitrogens with two attached hydrogens (primary N) is 1. The first-order chi connectivity index (χ1) is 8.20. The molecule has 0 aromatic heterocycles. The molecule has 0 heterocycles. The van der Waals surface area contributed by atoms with Gasteiger partial charge in [-0.2, -0.15) is 0 Å². The number of halogens is 2.